The van der Waals surface area contributed by atoms with Gasteiger partial charge < -0.3 is 9.64 Å². The molecule has 9 nitrogen and oxygen atoms in total. The van der Waals surface area contributed by atoms with Crippen molar-refractivity contribution in [2.24, 2.45) is 0 Å². The van der Waals surface area contributed by atoms with Gasteiger partial charge in [0.15, 0.2) is 0 Å². The first-order valence-electron chi connectivity index (χ1n) is 8.91. The quantitative estimate of drug-likeness (QED) is 0.391. The van der Waals surface area contributed by atoms with Gasteiger partial charge in [0, 0.05) is 18.7 Å². The van der Waals surface area contributed by atoms with Gasteiger partial charge in [-0.25, -0.2) is 0 Å². The average Bonchev–Trinajstić information content (AvgIpc) is 2.95. The molecule has 0 bridgehead atoms. The topological polar surface area (TPSA) is 108 Å². The van der Waals surface area contributed by atoms with Crippen molar-refractivity contribution in [3.8, 4) is 0 Å². The van der Waals surface area contributed by atoms with E-state index in [0.717, 1.165) is 5.56 Å². The molecule has 2 rings (SSSR count). The van der Waals surface area contributed by atoms with Crippen LogP contribution in [0.15, 0.2) is 24.3 Å². The molecule has 1 aromatic carbocycles. The molecule has 9 heteroatoms. The Labute approximate surface area is 163 Å². The molecule has 0 unspecified atom stereocenters. The summed E-state index contributed by atoms with van der Waals surface area (Å²) in [6.45, 7) is 6.26. The Morgan fingerprint density at radius 1 is 1.25 bits per heavy atom. The van der Waals surface area contributed by atoms with E-state index in [-0.39, 0.29) is 24.0 Å². The SMILES string of the molecule is CCN(CCC(=O)OC)C(=O)c1ccc(Cn2nc(C)c([N+](=O)[O-])c2C)cc1. The number of nitro groups is 1. The van der Waals surface area contributed by atoms with Crippen molar-refractivity contribution in [1.82, 2.24) is 14.7 Å². The number of esters is 1. The maximum Gasteiger partial charge on any atom is 0.312 e. The number of hydrogen-bond donors (Lipinski definition) is 0. The lowest BCUT2D eigenvalue weighted by molar-refractivity contribution is -0.386. The monoisotopic (exact) mass is 388 g/mol. The van der Waals surface area contributed by atoms with E-state index in [0.29, 0.717) is 36.6 Å². The minimum Gasteiger partial charge on any atom is -0.469 e. The zero-order chi connectivity index (χ0) is 20.8. The van der Waals surface area contributed by atoms with Crippen LogP contribution in [-0.4, -0.2) is 51.7 Å². The van der Waals surface area contributed by atoms with Crippen molar-refractivity contribution in [2.45, 2.75) is 33.7 Å². The van der Waals surface area contributed by atoms with Gasteiger partial charge in [-0.1, -0.05) is 12.1 Å². The third kappa shape index (κ3) is 4.73. The molecule has 1 aromatic heterocycles. The fraction of sp³-hybridized carbons (Fsp3) is 0.421. The minimum absolute atomic E-state index is 0.0241. The number of amides is 1. The molecule has 150 valence electrons. The van der Waals surface area contributed by atoms with Crippen LogP contribution in [0.3, 0.4) is 0 Å². The van der Waals surface area contributed by atoms with Crippen molar-refractivity contribution in [1.29, 1.82) is 0 Å². The van der Waals surface area contributed by atoms with Crippen LogP contribution in [0.1, 0.15) is 40.7 Å². The highest BCUT2D eigenvalue weighted by Gasteiger charge is 2.22. The molecule has 0 fully saturated rings. The van der Waals surface area contributed by atoms with E-state index in [1.165, 1.54) is 7.11 Å². The van der Waals surface area contributed by atoms with E-state index in [4.69, 9.17) is 0 Å². The van der Waals surface area contributed by atoms with Crippen LogP contribution in [0.25, 0.3) is 0 Å². The Bertz CT molecular complexity index is 873. The number of aryl methyl sites for hydroxylation is 1. The van der Waals surface area contributed by atoms with Gasteiger partial charge in [-0.05, 0) is 38.5 Å². The molecule has 0 atom stereocenters. The first kappa shape index (κ1) is 21.1. The van der Waals surface area contributed by atoms with Gasteiger partial charge in [0.25, 0.3) is 5.91 Å². The summed E-state index contributed by atoms with van der Waals surface area (Å²) in [6, 6.07) is 7.00. The molecule has 0 N–H and O–H groups in total. The number of rotatable bonds is 8. The molecule has 0 radical (unpaired) electrons. The Kier molecular flexibility index (Phi) is 6.86. The van der Waals surface area contributed by atoms with Gasteiger partial charge in [-0.3, -0.25) is 24.4 Å². The van der Waals surface area contributed by atoms with Gasteiger partial charge in [0.2, 0.25) is 0 Å². The maximum absolute atomic E-state index is 12.6. The largest absolute Gasteiger partial charge is 0.469 e. The highest BCUT2D eigenvalue weighted by atomic mass is 16.6. The highest BCUT2D eigenvalue weighted by Crippen LogP contribution is 2.22. The molecule has 0 aliphatic heterocycles. The predicted molar refractivity (Wildman–Crippen MR) is 102 cm³/mol. The number of methoxy groups -OCH3 is 1. The van der Waals surface area contributed by atoms with E-state index in [9.17, 15) is 19.7 Å². The van der Waals surface area contributed by atoms with Crippen molar-refractivity contribution in [3.05, 3.63) is 56.9 Å². The van der Waals surface area contributed by atoms with Gasteiger partial charge in [0.1, 0.15) is 11.4 Å². The van der Waals surface area contributed by atoms with E-state index in [2.05, 4.69) is 9.84 Å². The van der Waals surface area contributed by atoms with E-state index in [1.807, 2.05) is 6.92 Å². The minimum atomic E-state index is -0.427. The Morgan fingerprint density at radius 3 is 2.39 bits per heavy atom. The fourth-order valence-corrected chi connectivity index (χ4v) is 2.95. The van der Waals surface area contributed by atoms with E-state index in [1.54, 1.807) is 47.7 Å². The predicted octanol–water partition coefficient (Wildman–Crippen LogP) is 2.48. The molecule has 0 aliphatic rings. The molecule has 0 saturated carbocycles. The molecule has 0 saturated heterocycles. The standard InChI is InChI=1S/C19H24N4O5/c1-5-21(11-10-17(24)28-4)19(25)16-8-6-15(7-9-16)12-22-14(3)18(23(26)27)13(2)20-22/h6-9H,5,10-12H2,1-4H3. The van der Waals surface area contributed by atoms with Crippen LogP contribution in [0.2, 0.25) is 0 Å². The van der Waals surface area contributed by atoms with Crippen LogP contribution in [0.4, 0.5) is 5.69 Å². The molecule has 0 spiro atoms. The highest BCUT2D eigenvalue weighted by molar-refractivity contribution is 5.94. The molecule has 28 heavy (non-hydrogen) atoms. The molecular weight excluding hydrogens is 364 g/mol. The lowest BCUT2D eigenvalue weighted by Crippen LogP contribution is -2.33. The second kappa shape index (κ2) is 9.12. The van der Waals surface area contributed by atoms with Crippen LogP contribution in [0.5, 0.6) is 0 Å². The number of nitrogens with zero attached hydrogens (tertiary/aromatic N) is 4. The van der Waals surface area contributed by atoms with Crippen LogP contribution >= 0.6 is 0 Å². The van der Waals surface area contributed by atoms with E-state index < -0.39 is 4.92 Å². The van der Waals surface area contributed by atoms with Crippen molar-refractivity contribution in [2.75, 3.05) is 20.2 Å². The van der Waals surface area contributed by atoms with E-state index >= 15 is 0 Å². The summed E-state index contributed by atoms with van der Waals surface area (Å²) in [5.74, 6) is -0.528. The second-order valence-electron chi connectivity index (χ2n) is 6.34. The normalized spacial score (nSPS) is 10.6. The summed E-state index contributed by atoms with van der Waals surface area (Å²) < 4.78 is 6.19. The van der Waals surface area contributed by atoms with Crippen molar-refractivity contribution in [3.63, 3.8) is 0 Å². The van der Waals surface area contributed by atoms with Crippen LogP contribution in [-0.2, 0) is 16.1 Å². The smallest absolute Gasteiger partial charge is 0.312 e. The van der Waals surface area contributed by atoms with Crippen LogP contribution in [0, 0.1) is 24.0 Å². The summed E-state index contributed by atoms with van der Waals surface area (Å²) in [6.07, 6.45) is 0.144. The number of aromatic nitrogens is 2. The Morgan fingerprint density at radius 2 is 1.89 bits per heavy atom. The van der Waals surface area contributed by atoms with Gasteiger partial charge in [-0.15, -0.1) is 0 Å². The molecule has 1 heterocycles. The summed E-state index contributed by atoms with van der Waals surface area (Å²) in [5, 5.41) is 15.3. The lowest BCUT2D eigenvalue weighted by atomic mass is 10.1. The average molecular weight is 388 g/mol. The van der Waals surface area contributed by atoms with Crippen LogP contribution < -0.4 is 0 Å². The van der Waals surface area contributed by atoms with Gasteiger partial charge >= 0.3 is 11.7 Å². The second-order valence-corrected chi connectivity index (χ2v) is 6.34. The first-order valence-corrected chi connectivity index (χ1v) is 8.91. The number of ether oxygens (including phenoxy) is 1. The number of benzene rings is 1. The maximum atomic E-state index is 12.6. The number of carbonyl (C=O) groups excluding carboxylic acids is 2. The molecule has 2 aromatic rings. The number of carbonyl (C=O) groups is 2. The zero-order valence-corrected chi connectivity index (χ0v) is 16.5. The third-order valence-corrected chi connectivity index (χ3v) is 4.54. The molecular formula is C19H24N4O5. The summed E-state index contributed by atoms with van der Waals surface area (Å²) in [5.41, 5.74) is 2.27. The van der Waals surface area contributed by atoms with Gasteiger partial charge in [-0.2, -0.15) is 5.10 Å². The van der Waals surface area contributed by atoms with Crippen molar-refractivity contribution >= 4 is 17.6 Å². The fourth-order valence-electron chi connectivity index (χ4n) is 2.95. The molecule has 1 amide bonds. The first-order chi connectivity index (χ1) is 13.3. The summed E-state index contributed by atoms with van der Waals surface area (Å²) in [4.78, 5) is 36.2. The summed E-state index contributed by atoms with van der Waals surface area (Å²) >= 11 is 0. The van der Waals surface area contributed by atoms with Crippen molar-refractivity contribution < 1.29 is 19.2 Å². The third-order valence-electron chi connectivity index (χ3n) is 4.54. The summed E-state index contributed by atoms with van der Waals surface area (Å²) in [7, 11) is 1.32. The zero-order valence-electron chi connectivity index (χ0n) is 16.5. The Hall–Kier alpha value is -3.23. The molecule has 0 aliphatic carbocycles. The lowest BCUT2D eigenvalue weighted by Gasteiger charge is -2.20. The Balaban J connectivity index is 2.10. The number of hydrogen-bond acceptors (Lipinski definition) is 6. The van der Waals surface area contributed by atoms with Gasteiger partial charge in [0.05, 0.1) is 25.0 Å².